The monoisotopic (exact) mass is 473 g/mol. The Balaban J connectivity index is 1.27. The second-order valence-corrected chi connectivity index (χ2v) is 8.81. The summed E-state index contributed by atoms with van der Waals surface area (Å²) >= 11 is 0. The number of nitrogens with one attached hydrogen (secondary N) is 1. The van der Waals surface area contributed by atoms with Crippen molar-refractivity contribution in [3.8, 4) is 5.75 Å². The lowest BCUT2D eigenvalue weighted by atomic mass is 9.86. The molecule has 10 heteroatoms. The summed E-state index contributed by atoms with van der Waals surface area (Å²) in [4.78, 5) is 52.0. The molecule has 0 spiro atoms. The average Bonchev–Trinajstić information content (AvgIpc) is 3.11. The number of fused-ring (bicyclic) bond motifs is 1. The van der Waals surface area contributed by atoms with Crippen molar-refractivity contribution in [2.45, 2.75) is 38.0 Å². The van der Waals surface area contributed by atoms with Gasteiger partial charge >= 0.3 is 0 Å². The third-order valence-electron chi connectivity index (χ3n) is 6.55. The van der Waals surface area contributed by atoms with Crippen molar-refractivity contribution in [1.29, 1.82) is 0 Å². The summed E-state index contributed by atoms with van der Waals surface area (Å²) in [6.07, 6.45) is 0.388. The Hall–Kier alpha value is -3.66. The van der Waals surface area contributed by atoms with Crippen molar-refractivity contribution in [2.24, 2.45) is 0 Å². The standard InChI is InChI=1S/C25H24BN3O6/c26-23-22-17(25(33)29(23)18-8-9-20(30)27-24(18)32)2-1-3-19(22)35-13-16-6-4-15(5-7-16)12-28-10-11-34-14-21(28)31/h1-7,18,23H,8-14H2,(H,27,30,32). The molecule has 9 nitrogen and oxygen atoms in total. The second kappa shape index (κ2) is 9.54. The van der Waals surface area contributed by atoms with Crippen LogP contribution in [0.3, 0.4) is 0 Å². The summed E-state index contributed by atoms with van der Waals surface area (Å²) in [5.41, 5.74) is 2.85. The number of hydrogen-bond donors (Lipinski definition) is 1. The van der Waals surface area contributed by atoms with Crippen LogP contribution in [0.5, 0.6) is 5.75 Å². The number of hydrogen-bond acceptors (Lipinski definition) is 6. The van der Waals surface area contributed by atoms with Gasteiger partial charge in [0, 0.05) is 36.6 Å². The highest BCUT2D eigenvalue weighted by atomic mass is 16.5. The average molecular weight is 473 g/mol. The third kappa shape index (κ3) is 4.53. The Morgan fingerprint density at radius 1 is 1.06 bits per heavy atom. The van der Waals surface area contributed by atoms with E-state index in [9.17, 15) is 19.2 Å². The molecule has 0 saturated carbocycles. The first kappa shape index (κ1) is 23.1. The summed E-state index contributed by atoms with van der Waals surface area (Å²) < 4.78 is 11.2. The number of carbonyl (C=O) groups excluding carboxylic acids is 4. The van der Waals surface area contributed by atoms with Gasteiger partial charge in [-0.15, -0.1) is 0 Å². The summed E-state index contributed by atoms with van der Waals surface area (Å²) in [5.74, 6) is -1.62. The molecule has 2 unspecified atom stereocenters. The molecule has 4 amide bonds. The number of ether oxygens (including phenoxy) is 2. The Labute approximate surface area is 203 Å². The van der Waals surface area contributed by atoms with E-state index < -0.39 is 17.9 Å². The molecule has 3 aliphatic rings. The van der Waals surface area contributed by atoms with Gasteiger partial charge in [0.1, 0.15) is 32.9 Å². The van der Waals surface area contributed by atoms with Crippen LogP contribution in [0.2, 0.25) is 0 Å². The summed E-state index contributed by atoms with van der Waals surface area (Å²) in [6, 6.07) is 12.1. The quantitative estimate of drug-likeness (QED) is 0.497. The molecule has 2 atom stereocenters. The van der Waals surface area contributed by atoms with Crippen LogP contribution >= 0.6 is 0 Å². The van der Waals surface area contributed by atoms with Crippen LogP contribution in [0, 0.1) is 0 Å². The largest absolute Gasteiger partial charge is 0.489 e. The highest BCUT2D eigenvalue weighted by Gasteiger charge is 2.44. The van der Waals surface area contributed by atoms with E-state index in [0.717, 1.165) is 11.1 Å². The van der Waals surface area contributed by atoms with Crippen molar-refractivity contribution >= 4 is 31.5 Å². The Morgan fingerprint density at radius 2 is 1.83 bits per heavy atom. The fraction of sp³-hybridized carbons (Fsp3) is 0.360. The van der Waals surface area contributed by atoms with Crippen LogP contribution in [0.15, 0.2) is 42.5 Å². The molecule has 2 saturated heterocycles. The molecular weight excluding hydrogens is 449 g/mol. The second-order valence-electron chi connectivity index (χ2n) is 8.81. The number of morpholine rings is 1. The molecule has 0 aliphatic carbocycles. The lowest BCUT2D eigenvalue weighted by molar-refractivity contribution is -0.143. The summed E-state index contributed by atoms with van der Waals surface area (Å²) in [6.45, 7) is 2.04. The van der Waals surface area contributed by atoms with Crippen molar-refractivity contribution in [2.75, 3.05) is 19.8 Å². The maximum atomic E-state index is 13.1. The van der Waals surface area contributed by atoms with Gasteiger partial charge in [-0.05, 0) is 29.7 Å². The van der Waals surface area contributed by atoms with E-state index in [1.54, 1.807) is 23.1 Å². The number of nitrogens with zero attached hydrogens (tertiary/aromatic N) is 2. The molecule has 2 fully saturated rings. The topological polar surface area (TPSA) is 105 Å². The molecule has 2 radical (unpaired) electrons. The van der Waals surface area contributed by atoms with Gasteiger partial charge < -0.3 is 19.3 Å². The normalized spacial score (nSPS) is 22.3. The minimum atomic E-state index is -0.855. The predicted molar refractivity (Wildman–Crippen MR) is 124 cm³/mol. The molecule has 178 valence electrons. The van der Waals surface area contributed by atoms with Crippen molar-refractivity contribution in [1.82, 2.24) is 15.1 Å². The highest BCUT2D eigenvalue weighted by molar-refractivity contribution is 6.19. The van der Waals surface area contributed by atoms with Gasteiger partial charge in [-0.2, -0.15) is 0 Å². The molecule has 2 aromatic rings. The van der Waals surface area contributed by atoms with Crippen LogP contribution in [0.1, 0.15) is 45.8 Å². The van der Waals surface area contributed by atoms with Crippen molar-refractivity contribution < 1.29 is 28.7 Å². The molecule has 0 bridgehead atoms. The molecule has 0 aromatic heterocycles. The van der Waals surface area contributed by atoms with E-state index >= 15 is 0 Å². The third-order valence-corrected chi connectivity index (χ3v) is 6.55. The number of imide groups is 1. The summed E-state index contributed by atoms with van der Waals surface area (Å²) in [7, 11) is 6.42. The molecular formula is C25H24BN3O6. The zero-order valence-corrected chi connectivity index (χ0v) is 19.1. The van der Waals surface area contributed by atoms with E-state index in [-0.39, 0.29) is 43.8 Å². The molecule has 3 aliphatic heterocycles. The Kier molecular flexibility index (Phi) is 6.30. The number of rotatable bonds is 6. The minimum absolute atomic E-state index is 0.0150. The van der Waals surface area contributed by atoms with E-state index in [4.69, 9.17) is 17.3 Å². The first-order chi connectivity index (χ1) is 16.9. The number of amides is 4. The minimum Gasteiger partial charge on any atom is -0.489 e. The maximum absolute atomic E-state index is 13.1. The van der Waals surface area contributed by atoms with Gasteiger partial charge in [-0.25, -0.2) is 0 Å². The van der Waals surface area contributed by atoms with Crippen LogP contribution in [-0.2, 0) is 32.3 Å². The lowest BCUT2D eigenvalue weighted by Gasteiger charge is -2.33. The van der Waals surface area contributed by atoms with Gasteiger partial charge in [0.05, 0.1) is 6.61 Å². The van der Waals surface area contributed by atoms with Crippen LogP contribution in [0.4, 0.5) is 0 Å². The number of benzene rings is 2. The summed E-state index contributed by atoms with van der Waals surface area (Å²) in [5, 5.41) is 2.28. The zero-order chi connectivity index (χ0) is 24.5. The lowest BCUT2D eigenvalue weighted by Crippen LogP contribution is -2.53. The molecule has 35 heavy (non-hydrogen) atoms. The van der Waals surface area contributed by atoms with Crippen molar-refractivity contribution in [3.63, 3.8) is 0 Å². The Morgan fingerprint density at radius 3 is 2.57 bits per heavy atom. The van der Waals surface area contributed by atoms with Crippen LogP contribution in [0.25, 0.3) is 0 Å². The SMILES string of the molecule is [B]C1c2c(OCc3ccc(CN4CCOCC4=O)cc3)cccc2C(=O)N1C1CCC(=O)NC1=O. The van der Waals surface area contributed by atoms with E-state index in [0.29, 0.717) is 36.6 Å². The van der Waals surface area contributed by atoms with Gasteiger partial charge in [-0.3, -0.25) is 24.5 Å². The van der Waals surface area contributed by atoms with Crippen molar-refractivity contribution in [3.05, 3.63) is 64.7 Å². The van der Waals surface area contributed by atoms with E-state index in [1.807, 2.05) is 24.3 Å². The molecule has 5 rings (SSSR count). The zero-order valence-electron chi connectivity index (χ0n) is 19.1. The molecule has 2 aromatic carbocycles. The highest BCUT2D eigenvalue weighted by Crippen LogP contribution is 2.40. The van der Waals surface area contributed by atoms with Gasteiger partial charge in [0.15, 0.2) is 0 Å². The van der Waals surface area contributed by atoms with Crippen LogP contribution < -0.4 is 10.1 Å². The van der Waals surface area contributed by atoms with E-state index in [2.05, 4.69) is 5.32 Å². The Bertz CT molecular complexity index is 1180. The number of piperidine rings is 1. The first-order valence-electron chi connectivity index (χ1n) is 11.5. The fourth-order valence-corrected chi connectivity index (χ4v) is 4.69. The smallest absolute Gasteiger partial charge is 0.254 e. The van der Waals surface area contributed by atoms with Gasteiger partial charge in [-0.1, -0.05) is 30.3 Å². The molecule has 3 heterocycles. The van der Waals surface area contributed by atoms with Crippen LogP contribution in [-0.4, -0.2) is 67.1 Å². The van der Waals surface area contributed by atoms with Gasteiger partial charge in [0.2, 0.25) is 17.7 Å². The first-order valence-corrected chi connectivity index (χ1v) is 11.5. The molecule has 1 N–H and O–H groups in total. The predicted octanol–water partition coefficient (Wildman–Crippen LogP) is 1.05. The maximum Gasteiger partial charge on any atom is 0.254 e. The fourth-order valence-electron chi connectivity index (χ4n) is 4.69. The van der Waals surface area contributed by atoms with Gasteiger partial charge in [0.25, 0.3) is 5.91 Å². The number of carbonyl (C=O) groups is 4. The van der Waals surface area contributed by atoms with E-state index in [1.165, 1.54) is 4.90 Å².